The van der Waals surface area contributed by atoms with Gasteiger partial charge in [-0.2, -0.15) is 11.8 Å². The second-order valence-electron chi connectivity index (χ2n) is 3.72. The van der Waals surface area contributed by atoms with E-state index in [1.54, 1.807) is 0 Å². The summed E-state index contributed by atoms with van der Waals surface area (Å²) in [6.07, 6.45) is 3.06. The molecule has 0 saturated carbocycles. The van der Waals surface area contributed by atoms with Crippen molar-refractivity contribution in [1.29, 1.82) is 0 Å². The third-order valence-electron chi connectivity index (χ3n) is 2.21. The summed E-state index contributed by atoms with van der Waals surface area (Å²) in [5, 5.41) is 3.49. The second kappa shape index (κ2) is 6.72. The zero-order valence-corrected chi connectivity index (χ0v) is 10.6. The molecule has 0 aromatic carbocycles. The molecule has 1 rings (SSSR count). The van der Waals surface area contributed by atoms with Crippen LogP contribution in [0.2, 0.25) is 0 Å². The van der Waals surface area contributed by atoms with Crippen LogP contribution in [-0.4, -0.2) is 22.5 Å². The number of nitrogens with zero attached hydrogens (tertiary/aromatic N) is 1. The van der Waals surface area contributed by atoms with Crippen molar-refractivity contribution in [3.8, 4) is 0 Å². The Hall–Kier alpha value is -0.700. The molecule has 0 fully saturated rings. The molecule has 0 aliphatic heterocycles. The molecule has 0 spiro atoms. The van der Waals surface area contributed by atoms with Crippen molar-refractivity contribution in [1.82, 2.24) is 4.98 Å². The third-order valence-corrected chi connectivity index (χ3v) is 3.14. The zero-order valence-electron chi connectivity index (χ0n) is 9.79. The fourth-order valence-electron chi connectivity index (χ4n) is 1.40. The number of nitrogens with one attached hydrogen (secondary N) is 1. The topological polar surface area (TPSA) is 24.9 Å². The summed E-state index contributed by atoms with van der Waals surface area (Å²) >= 11 is 2.00. The lowest BCUT2D eigenvalue weighted by Gasteiger charge is -2.14. The maximum Gasteiger partial charge on any atom is 0.0393 e. The van der Waals surface area contributed by atoms with Gasteiger partial charge in [0.2, 0.25) is 0 Å². The van der Waals surface area contributed by atoms with E-state index in [9.17, 15) is 0 Å². The Balaban J connectivity index is 2.34. The molecule has 1 aromatic rings. The molecule has 0 saturated heterocycles. The lowest BCUT2D eigenvalue weighted by atomic mass is 10.2. The minimum absolute atomic E-state index is 0.533. The van der Waals surface area contributed by atoms with Gasteiger partial charge in [0.25, 0.3) is 0 Å². The molecule has 3 heteroatoms. The van der Waals surface area contributed by atoms with E-state index in [1.165, 1.54) is 23.6 Å². The monoisotopic (exact) mass is 224 g/mol. The van der Waals surface area contributed by atoms with Crippen LogP contribution in [-0.2, 0) is 0 Å². The van der Waals surface area contributed by atoms with Gasteiger partial charge in [-0.05, 0) is 43.9 Å². The van der Waals surface area contributed by atoms with Crippen LogP contribution in [0.25, 0.3) is 0 Å². The first-order chi connectivity index (χ1) is 7.22. The number of thioether (sulfide) groups is 1. The van der Waals surface area contributed by atoms with Gasteiger partial charge in [-0.25, -0.2) is 0 Å². The molecule has 0 bridgehead atoms. The van der Waals surface area contributed by atoms with Crippen LogP contribution in [0.5, 0.6) is 0 Å². The summed E-state index contributed by atoms with van der Waals surface area (Å²) in [5.41, 5.74) is 2.24. The quantitative estimate of drug-likeness (QED) is 0.750. The summed E-state index contributed by atoms with van der Waals surface area (Å²) in [4.78, 5) is 4.18. The molecule has 0 aliphatic rings. The van der Waals surface area contributed by atoms with Gasteiger partial charge in [0, 0.05) is 23.6 Å². The Labute approximate surface area is 96.9 Å². The summed E-state index contributed by atoms with van der Waals surface area (Å²) < 4.78 is 0. The highest BCUT2D eigenvalue weighted by Crippen LogP contribution is 2.11. The van der Waals surface area contributed by atoms with Gasteiger partial charge in [0.15, 0.2) is 0 Å². The molecule has 1 heterocycles. The first-order valence-electron chi connectivity index (χ1n) is 5.49. The van der Waals surface area contributed by atoms with Crippen molar-refractivity contribution in [2.45, 2.75) is 33.2 Å². The molecule has 0 aliphatic carbocycles. The van der Waals surface area contributed by atoms with Gasteiger partial charge in [0.1, 0.15) is 0 Å². The van der Waals surface area contributed by atoms with E-state index in [-0.39, 0.29) is 0 Å². The number of aromatic nitrogens is 1. The van der Waals surface area contributed by atoms with Gasteiger partial charge in [-0.3, -0.25) is 4.98 Å². The summed E-state index contributed by atoms with van der Waals surface area (Å²) in [7, 11) is 0. The zero-order chi connectivity index (χ0) is 11.1. The molecule has 2 nitrogen and oxygen atoms in total. The molecule has 1 N–H and O–H groups in total. The fourth-order valence-corrected chi connectivity index (χ4v) is 2.21. The van der Waals surface area contributed by atoms with Crippen molar-refractivity contribution in [3.05, 3.63) is 24.0 Å². The number of hydrogen-bond acceptors (Lipinski definition) is 3. The maximum absolute atomic E-state index is 4.18. The average Bonchev–Trinajstić information content (AvgIpc) is 2.18. The van der Waals surface area contributed by atoms with Crippen molar-refractivity contribution in [2.75, 3.05) is 16.8 Å². The Morgan fingerprint density at radius 3 is 3.00 bits per heavy atom. The number of rotatable bonds is 6. The van der Waals surface area contributed by atoms with Crippen LogP contribution >= 0.6 is 11.8 Å². The smallest absolute Gasteiger partial charge is 0.0393 e. The van der Waals surface area contributed by atoms with Gasteiger partial charge in [-0.1, -0.05) is 6.92 Å². The first-order valence-corrected chi connectivity index (χ1v) is 6.64. The minimum atomic E-state index is 0.533. The lowest BCUT2D eigenvalue weighted by Crippen LogP contribution is -2.16. The number of anilines is 1. The van der Waals surface area contributed by atoms with Crippen LogP contribution in [0.4, 0.5) is 5.69 Å². The van der Waals surface area contributed by atoms with Crippen molar-refractivity contribution in [2.24, 2.45) is 0 Å². The van der Waals surface area contributed by atoms with E-state index in [4.69, 9.17) is 0 Å². The molecule has 0 radical (unpaired) electrons. The molecule has 1 atom stereocenters. The highest BCUT2D eigenvalue weighted by molar-refractivity contribution is 7.99. The highest BCUT2D eigenvalue weighted by Gasteiger charge is 2.01. The average molecular weight is 224 g/mol. The van der Waals surface area contributed by atoms with Crippen molar-refractivity contribution < 1.29 is 0 Å². The van der Waals surface area contributed by atoms with E-state index in [2.05, 4.69) is 30.2 Å². The number of hydrogen-bond donors (Lipinski definition) is 1. The largest absolute Gasteiger partial charge is 0.382 e. The van der Waals surface area contributed by atoms with E-state index in [0.717, 1.165) is 5.69 Å². The van der Waals surface area contributed by atoms with E-state index < -0.39 is 0 Å². The van der Waals surface area contributed by atoms with Gasteiger partial charge < -0.3 is 5.32 Å². The Morgan fingerprint density at radius 2 is 2.33 bits per heavy atom. The summed E-state index contributed by atoms with van der Waals surface area (Å²) in [5.74, 6) is 2.44. The Bertz CT molecular complexity index is 289. The van der Waals surface area contributed by atoms with Crippen LogP contribution in [0, 0.1) is 6.92 Å². The van der Waals surface area contributed by atoms with Gasteiger partial charge in [0.05, 0.1) is 0 Å². The standard InChI is InChI=1S/C12H20N2S/c1-4-15-8-6-10(2)14-12-5-7-13-11(3)9-12/h5,7,9-10H,4,6,8H2,1-3H3,(H,13,14). The Morgan fingerprint density at radius 1 is 1.53 bits per heavy atom. The van der Waals surface area contributed by atoms with Gasteiger partial charge in [-0.15, -0.1) is 0 Å². The van der Waals surface area contributed by atoms with Crippen LogP contribution in [0.15, 0.2) is 18.3 Å². The van der Waals surface area contributed by atoms with Crippen molar-refractivity contribution in [3.63, 3.8) is 0 Å². The van der Waals surface area contributed by atoms with E-state index in [0.29, 0.717) is 6.04 Å². The minimum Gasteiger partial charge on any atom is -0.382 e. The van der Waals surface area contributed by atoms with Crippen LogP contribution in [0.1, 0.15) is 26.0 Å². The van der Waals surface area contributed by atoms with E-state index >= 15 is 0 Å². The van der Waals surface area contributed by atoms with E-state index in [1.807, 2.05) is 30.9 Å². The third kappa shape index (κ3) is 5.07. The molecule has 84 valence electrons. The predicted octanol–water partition coefficient (Wildman–Crippen LogP) is 3.33. The molecular formula is C12H20N2S. The molecule has 15 heavy (non-hydrogen) atoms. The van der Waals surface area contributed by atoms with Crippen LogP contribution in [0.3, 0.4) is 0 Å². The predicted molar refractivity (Wildman–Crippen MR) is 69.7 cm³/mol. The maximum atomic E-state index is 4.18. The number of pyridine rings is 1. The summed E-state index contributed by atoms with van der Waals surface area (Å²) in [6, 6.07) is 4.64. The second-order valence-corrected chi connectivity index (χ2v) is 5.11. The van der Waals surface area contributed by atoms with Gasteiger partial charge >= 0.3 is 0 Å². The van der Waals surface area contributed by atoms with Crippen LogP contribution < -0.4 is 5.32 Å². The number of aryl methyl sites for hydroxylation is 1. The first kappa shape index (κ1) is 12.4. The molecule has 1 unspecified atom stereocenters. The fraction of sp³-hybridized carbons (Fsp3) is 0.583. The molecule has 1 aromatic heterocycles. The molecular weight excluding hydrogens is 204 g/mol. The summed E-state index contributed by atoms with van der Waals surface area (Å²) in [6.45, 7) is 6.45. The highest BCUT2D eigenvalue weighted by atomic mass is 32.2. The Kier molecular flexibility index (Phi) is 5.54. The molecule has 0 amide bonds. The SMILES string of the molecule is CCSCCC(C)Nc1ccnc(C)c1. The normalized spacial score (nSPS) is 12.5. The lowest BCUT2D eigenvalue weighted by molar-refractivity contribution is 0.771. The van der Waals surface area contributed by atoms with Crippen molar-refractivity contribution >= 4 is 17.4 Å².